The molecule has 2 aromatic rings. The van der Waals surface area contributed by atoms with Crippen LogP contribution in [0.15, 0.2) is 35.5 Å². The number of piperidine rings is 1. The van der Waals surface area contributed by atoms with Gasteiger partial charge in [-0.25, -0.2) is 8.78 Å². The third-order valence-electron chi connectivity index (χ3n) is 6.48. The van der Waals surface area contributed by atoms with E-state index in [1.165, 1.54) is 23.6 Å². The highest BCUT2D eigenvalue weighted by molar-refractivity contribution is 8.02. The van der Waals surface area contributed by atoms with Gasteiger partial charge in [0.05, 0.1) is 34.9 Å². The third kappa shape index (κ3) is 3.75. The standard InChI is InChI=1S/C23H25F2N5O2S/c24-14-4-1-5-15(25)19(14)23-30(17(11-33-23)22(27)32)16-9-28-20-13(6-7-18(20)31)21(16)29-8-2-3-12(26)10-29/h1,4-5,9,11-12,18,23,31H,2-3,6-8,10,26H2,(H2,27,32)/t12-,18?,23?/m0/s1. The smallest absolute Gasteiger partial charge is 0.265 e. The Morgan fingerprint density at radius 3 is 2.70 bits per heavy atom. The van der Waals surface area contributed by atoms with Gasteiger partial charge in [-0.05, 0) is 37.8 Å². The number of benzene rings is 1. The number of aliphatic hydroxyl groups is 1. The summed E-state index contributed by atoms with van der Waals surface area (Å²) in [6, 6.07) is 3.67. The normalized spacial score (nSPS) is 24.7. The molecule has 1 aliphatic carbocycles. The number of aromatic nitrogens is 1. The van der Waals surface area contributed by atoms with Crippen LogP contribution in [0.3, 0.4) is 0 Å². The van der Waals surface area contributed by atoms with Gasteiger partial charge in [-0.3, -0.25) is 9.78 Å². The zero-order chi connectivity index (χ0) is 23.3. The molecular weight excluding hydrogens is 448 g/mol. The van der Waals surface area contributed by atoms with Crippen molar-refractivity contribution in [2.24, 2.45) is 11.5 Å². The van der Waals surface area contributed by atoms with Crippen molar-refractivity contribution >= 4 is 29.0 Å². The minimum Gasteiger partial charge on any atom is -0.387 e. The van der Waals surface area contributed by atoms with Gasteiger partial charge in [0.25, 0.3) is 5.91 Å². The van der Waals surface area contributed by atoms with Gasteiger partial charge in [0, 0.05) is 30.1 Å². The number of fused-ring (bicyclic) bond motifs is 1. The molecule has 2 aliphatic heterocycles. The summed E-state index contributed by atoms with van der Waals surface area (Å²) in [5, 5.41) is 11.1. The molecule has 1 aromatic heterocycles. The molecule has 0 saturated carbocycles. The van der Waals surface area contributed by atoms with Crippen molar-refractivity contribution in [2.75, 3.05) is 22.9 Å². The van der Waals surface area contributed by atoms with Crippen molar-refractivity contribution < 1.29 is 18.7 Å². The third-order valence-corrected chi connectivity index (χ3v) is 7.55. The second kappa shape index (κ2) is 8.58. The number of pyridine rings is 1. The number of rotatable bonds is 4. The van der Waals surface area contributed by atoms with E-state index in [9.17, 15) is 18.7 Å². The lowest BCUT2D eigenvalue weighted by molar-refractivity contribution is -0.114. The largest absolute Gasteiger partial charge is 0.387 e. The van der Waals surface area contributed by atoms with Crippen LogP contribution in [0.2, 0.25) is 0 Å². The fraction of sp³-hybridized carbons (Fsp3) is 0.391. The van der Waals surface area contributed by atoms with Gasteiger partial charge in [-0.1, -0.05) is 6.07 Å². The van der Waals surface area contributed by atoms with Crippen LogP contribution in [-0.2, 0) is 11.2 Å². The number of anilines is 2. The summed E-state index contributed by atoms with van der Waals surface area (Å²) in [5.41, 5.74) is 14.7. The molecule has 5 rings (SSSR count). The quantitative estimate of drug-likeness (QED) is 0.627. The van der Waals surface area contributed by atoms with Crippen LogP contribution >= 0.6 is 11.8 Å². The minimum absolute atomic E-state index is 0.0272. The predicted molar refractivity (Wildman–Crippen MR) is 123 cm³/mol. The van der Waals surface area contributed by atoms with Crippen LogP contribution < -0.4 is 21.3 Å². The Kier molecular flexibility index (Phi) is 5.75. The molecular formula is C23H25F2N5O2S. The first-order valence-electron chi connectivity index (χ1n) is 11.0. The van der Waals surface area contributed by atoms with E-state index in [1.807, 2.05) is 0 Å². The molecule has 3 aliphatic rings. The highest BCUT2D eigenvalue weighted by atomic mass is 32.2. The van der Waals surface area contributed by atoms with Crippen molar-refractivity contribution in [3.8, 4) is 0 Å². The number of aliphatic hydroxyl groups excluding tert-OH is 1. The average molecular weight is 474 g/mol. The Bertz CT molecular complexity index is 1120. The fourth-order valence-corrected chi connectivity index (χ4v) is 6.19. The molecule has 0 spiro atoms. The molecule has 2 unspecified atom stereocenters. The van der Waals surface area contributed by atoms with Crippen LogP contribution in [0.5, 0.6) is 0 Å². The monoisotopic (exact) mass is 473 g/mol. The molecule has 1 aromatic carbocycles. The number of carbonyl (C=O) groups excluding carboxylic acids is 1. The number of halogens is 2. The van der Waals surface area contributed by atoms with Crippen LogP contribution in [-0.4, -0.2) is 35.1 Å². The van der Waals surface area contributed by atoms with Crippen molar-refractivity contribution in [1.29, 1.82) is 0 Å². The van der Waals surface area contributed by atoms with Gasteiger partial charge >= 0.3 is 0 Å². The predicted octanol–water partition coefficient (Wildman–Crippen LogP) is 2.85. The summed E-state index contributed by atoms with van der Waals surface area (Å²) in [4.78, 5) is 20.6. The molecule has 3 heterocycles. The summed E-state index contributed by atoms with van der Waals surface area (Å²) in [6.45, 7) is 1.33. The first-order valence-corrected chi connectivity index (χ1v) is 11.9. The summed E-state index contributed by atoms with van der Waals surface area (Å²) >= 11 is 1.12. The van der Waals surface area contributed by atoms with Crippen molar-refractivity contribution in [3.05, 3.63) is 64.0 Å². The Hall–Kier alpha value is -2.69. The van der Waals surface area contributed by atoms with Crippen LogP contribution in [0.1, 0.15) is 47.6 Å². The first kappa shape index (κ1) is 22.1. The SMILES string of the molecule is NC(=O)C1=CSC(c2c(F)cccc2F)N1c1cnc2c(c1N1CCC[C@H](N)C1)CCC2O. The molecule has 174 valence electrons. The summed E-state index contributed by atoms with van der Waals surface area (Å²) in [7, 11) is 0. The molecule has 1 fully saturated rings. The van der Waals surface area contributed by atoms with Crippen molar-refractivity contribution in [3.63, 3.8) is 0 Å². The van der Waals surface area contributed by atoms with Gasteiger partial charge in [0.2, 0.25) is 0 Å². The maximum absolute atomic E-state index is 14.8. The minimum atomic E-state index is -0.878. The molecule has 10 heteroatoms. The molecule has 1 amide bonds. The van der Waals surface area contributed by atoms with Gasteiger partial charge in [0.1, 0.15) is 22.7 Å². The van der Waals surface area contributed by atoms with E-state index in [1.54, 1.807) is 11.1 Å². The summed E-state index contributed by atoms with van der Waals surface area (Å²) in [5.74, 6) is -2.12. The summed E-state index contributed by atoms with van der Waals surface area (Å²) < 4.78 is 29.6. The van der Waals surface area contributed by atoms with Gasteiger partial charge in [-0.15, -0.1) is 11.8 Å². The number of nitrogens with zero attached hydrogens (tertiary/aromatic N) is 3. The second-order valence-electron chi connectivity index (χ2n) is 8.62. The van der Waals surface area contributed by atoms with Gasteiger partial charge in [-0.2, -0.15) is 0 Å². The maximum atomic E-state index is 14.8. The van der Waals surface area contributed by atoms with Crippen molar-refractivity contribution in [2.45, 2.75) is 43.2 Å². The topological polar surface area (TPSA) is 109 Å². The van der Waals surface area contributed by atoms with E-state index in [0.29, 0.717) is 30.8 Å². The Morgan fingerprint density at radius 1 is 1.24 bits per heavy atom. The van der Waals surface area contributed by atoms with E-state index in [4.69, 9.17) is 11.5 Å². The highest BCUT2D eigenvalue weighted by Gasteiger charge is 2.40. The average Bonchev–Trinajstić information content (AvgIpc) is 3.37. The molecule has 33 heavy (non-hydrogen) atoms. The zero-order valence-corrected chi connectivity index (χ0v) is 18.7. The molecule has 0 radical (unpaired) electrons. The lowest BCUT2D eigenvalue weighted by atomic mass is 10.0. The lowest BCUT2D eigenvalue weighted by Crippen LogP contribution is -2.44. The Morgan fingerprint density at radius 2 is 2.00 bits per heavy atom. The van der Waals surface area contributed by atoms with Crippen LogP contribution in [0.4, 0.5) is 20.2 Å². The molecule has 1 saturated heterocycles. The van der Waals surface area contributed by atoms with Gasteiger partial charge < -0.3 is 26.4 Å². The number of thioether (sulfide) groups is 1. The number of hydrogen-bond acceptors (Lipinski definition) is 7. The van der Waals surface area contributed by atoms with Crippen LogP contribution in [0, 0.1) is 11.6 Å². The first-order chi connectivity index (χ1) is 15.9. The van der Waals surface area contributed by atoms with E-state index in [2.05, 4.69) is 9.88 Å². The molecule has 3 atom stereocenters. The lowest BCUT2D eigenvalue weighted by Gasteiger charge is -2.38. The molecule has 7 nitrogen and oxygen atoms in total. The number of primary amides is 1. The summed E-state index contributed by atoms with van der Waals surface area (Å²) in [6.07, 6.45) is 3.82. The number of amides is 1. The van der Waals surface area contributed by atoms with E-state index >= 15 is 0 Å². The molecule has 0 bridgehead atoms. The Labute approximate surface area is 194 Å². The second-order valence-corrected chi connectivity index (χ2v) is 9.57. The fourth-order valence-electron chi connectivity index (χ4n) is 4.99. The maximum Gasteiger partial charge on any atom is 0.265 e. The van der Waals surface area contributed by atoms with Crippen LogP contribution in [0.25, 0.3) is 0 Å². The van der Waals surface area contributed by atoms with Gasteiger partial charge in [0.15, 0.2) is 0 Å². The Balaban J connectivity index is 1.70. The highest BCUT2D eigenvalue weighted by Crippen LogP contribution is 2.51. The van der Waals surface area contributed by atoms with E-state index in [-0.39, 0.29) is 17.3 Å². The zero-order valence-electron chi connectivity index (χ0n) is 17.9. The number of carbonyl (C=O) groups is 1. The number of nitrogens with two attached hydrogens (primary N) is 2. The van der Waals surface area contributed by atoms with E-state index in [0.717, 1.165) is 42.4 Å². The molecule has 5 N–H and O–H groups in total. The van der Waals surface area contributed by atoms with Crippen molar-refractivity contribution in [1.82, 2.24) is 4.98 Å². The number of hydrogen-bond donors (Lipinski definition) is 3. The van der Waals surface area contributed by atoms with E-state index < -0.39 is 29.0 Å².